The molecule has 0 aromatic heterocycles. The summed E-state index contributed by atoms with van der Waals surface area (Å²) >= 11 is 5.96. The lowest BCUT2D eigenvalue weighted by atomic mass is 10.1. The standard InChI is InChI=1S/C9H17ClO2/c1-3-5-9(10)6-4-7-12-8(2)11/h9H,3-7H2,1-2H3. The van der Waals surface area contributed by atoms with Crippen molar-refractivity contribution in [1.82, 2.24) is 0 Å². The van der Waals surface area contributed by atoms with Gasteiger partial charge in [0.1, 0.15) is 0 Å². The number of halogens is 1. The molecule has 0 amide bonds. The summed E-state index contributed by atoms with van der Waals surface area (Å²) in [6.45, 7) is 4.04. The van der Waals surface area contributed by atoms with Gasteiger partial charge >= 0.3 is 5.97 Å². The molecule has 0 saturated heterocycles. The monoisotopic (exact) mass is 192 g/mol. The molecule has 12 heavy (non-hydrogen) atoms. The van der Waals surface area contributed by atoms with Crippen molar-refractivity contribution in [2.75, 3.05) is 6.61 Å². The van der Waals surface area contributed by atoms with Crippen molar-refractivity contribution >= 4 is 17.6 Å². The van der Waals surface area contributed by atoms with Gasteiger partial charge in [0.15, 0.2) is 0 Å². The lowest BCUT2D eigenvalue weighted by molar-refractivity contribution is -0.141. The van der Waals surface area contributed by atoms with E-state index in [9.17, 15) is 4.79 Å². The van der Waals surface area contributed by atoms with Gasteiger partial charge in [-0.1, -0.05) is 13.3 Å². The zero-order valence-corrected chi connectivity index (χ0v) is 8.56. The van der Waals surface area contributed by atoms with Crippen LogP contribution in [0.25, 0.3) is 0 Å². The van der Waals surface area contributed by atoms with Crippen LogP contribution in [0.15, 0.2) is 0 Å². The lowest BCUT2D eigenvalue weighted by Crippen LogP contribution is -2.04. The van der Waals surface area contributed by atoms with Crippen molar-refractivity contribution in [2.45, 2.75) is 44.9 Å². The van der Waals surface area contributed by atoms with Crippen LogP contribution in [0.5, 0.6) is 0 Å². The summed E-state index contributed by atoms with van der Waals surface area (Å²) in [5.41, 5.74) is 0. The molecule has 0 fully saturated rings. The van der Waals surface area contributed by atoms with Crippen LogP contribution < -0.4 is 0 Å². The van der Waals surface area contributed by atoms with Gasteiger partial charge in [0, 0.05) is 12.3 Å². The Hall–Kier alpha value is -0.240. The van der Waals surface area contributed by atoms with Crippen LogP contribution in [-0.4, -0.2) is 18.0 Å². The summed E-state index contributed by atoms with van der Waals surface area (Å²) in [5, 5.41) is 0.241. The van der Waals surface area contributed by atoms with E-state index < -0.39 is 0 Å². The van der Waals surface area contributed by atoms with Gasteiger partial charge in [0.25, 0.3) is 0 Å². The Bertz CT molecular complexity index is 126. The number of carbonyl (C=O) groups excluding carboxylic acids is 1. The SMILES string of the molecule is CCCC(Cl)CCCOC(C)=O. The van der Waals surface area contributed by atoms with Crippen molar-refractivity contribution in [3.8, 4) is 0 Å². The Balaban J connectivity index is 3.13. The Morgan fingerprint density at radius 2 is 2.17 bits per heavy atom. The van der Waals surface area contributed by atoms with E-state index in [1.807, 2.05) is 0 Å². The summed E-state index contributed by atoms with van der Waals surface area (Å²) in [7, 11) is 0. The average Bonchev–Trinajstić information content (AvgIpc) is 1.98. The fraction of sp³-hybridized carbons (Fsp3) is 0.889. The molecule has 0 heterocycles. The molecule has 0 aliphatic rings. The van der Waals surface area contributed by atoms with E-state index in [0.717, 1.165) is 25.7 Å². The maximum Gasteiger partial charge on any atom is 0.302 e. The fourth-order valence-corrected chi connectivity index (χ4v) is 1.35. The van der Waals surface area contributed by atoms with E-state index in [-0.39, 0.29) is 11.3 Å². The van der Waals surface area contributed by atoms with Crippen LogP contribution in [0.3, 0.4) is 0 Å². The van der Waals surface area contributed by atoms with E-state index in [1.165, 1.54) is 6.92 Å². The van der Waals surface area contributed by atoms with Crippen LogP contribution in [0.2, 0.25) is 0 Å². The maximum atomic E-state index is 10.4. The summed E-state index contributed by atoms with van der Waals surface area (Å²) in [5.74, 6) is -0.211. The second kappa shape index (κ2) is 7.41. The molecule has 72 valence electrons. The molecule has 0 rings (SSSR count). The highest BCUT2D eigenvalue weighted by molar-refractivity contribution is 6.20. The third-order valence-electron chi connectivity index (χ3n) is 1.57. The van der Waals surface area contributed by atoms with Gasteiger partial charge in [-0.15, -0.1) is 11.6 Å². The minimum atomic E-state index is -0.211. The molecule has 0 radical (unpaired) electrons. The van der Waals surface area contributed by atoms with Gasteiger partial charge in [-0.3, -0.25) is 4.79 Å². The molecule has 0 N–H and O–H groups in total. The summed E-state index contributed by atoms with van der Waals surface area (Å²) in [6.07, 6.45) is 3.96. The second-order valence-corrected chi connectivity index (χ2v) is 3.49. The van der Waals surface area contributed by atoms with Gasteiger partial charge in [-0.2, -0.15) is 0 Å². The van der Waals surface area contributed by atoms with Gasteiger partial charge in [-0.05, 0) is 19.3 Å². The van der Waals surface area contributed by atoms with Gasteiger partial charge in [-0.25, -0.2) is 0 Å². The van der Waals surface area contributed by atoms with E-state index in [0.29, 0.717) is 6.61 Å². The highest BCUT2D eigenvalue weighted by Gasteiger charge is 2.02. The lowest BCUT2D eigenvalue weighted by Gasteiger charge is -2.06. The zero-order valence-electron chi connectivity index (χ0n) is 7.81. The number of hydrogen-bond acceptors (Lipinski definition) is 2. The van der Waals surface area contributed by atoms with Gasteiger partial charge in [0.2, 0.25) is 0 Å². The van der Waals surface area contributed by atoms with Gasteiger partial charge in [0.05, 0.1) is 6.61 Å². The number of ether oxygens (including phenoxy) is 1. The number of rotatable bonds is 6. The normalized spacial score (nSPS) is 12.6. The first-order chi connectivity index (χ1) is 5.66. The van der Waals surface area contributed by atoms with Crippen molar-refractivity contribution < 1.29 is 9.53 Å². The Morgan fingerprint density at radius 3 is 2.67 bits per heavy atom. The minimum absolute atomic E-state index is 0.211. The third-order valence-corrected chi connectivity index (χ3v) is 2.01. The molecule has 3 heteroatoms. The molecule has 0 bridgehead atoms. The first-order valence-corrected chi connectivity index (χ1v) is 4.88. The number of hydrogen-bond donors (Lipinski definition) is 0. The van der Waals surface area contributed by atoms with Crippen LogP contribution in [-0.2, 0) is 9.53 Å². The van der Waals surface area contributed by atoms with Crippen molar-refractivity contribution in [3.05, 3.63) is 0 Å². The van der Waals surface area contributed by atoms with Crippen molar-refractivity contribution in [3.63, 3.8) is 0 Å². The molecule has 0 saturated carbocycles. The molecule has 0 aliphatic heterocycles. The molecule has 0 spiro atoms. The van der Waals surface area contributed by atoms with E-state index in [1.54, 1.807) is 0 Å². The summed E-state index contributed by atoms with van der Waals surface area (Å²) < 4.78 is 4.77. The number of alkyl halides is 1. The molecule has 0 aliphatic carbocycles. The van der Waals surface area contributed by atoms with Crippen molar-refractivity contribution in [2.24, 2.45) is 0 Å². The highest BCUT2D eigenvalue weighted by atomic mass is 35.5. The average molecular weight is 193 g/mol. The maximum absolute atomic E-state index is 10.4. The zero-order chi connectivity index (χ0) is 9.40. The predicted octanol–water partition coefficient (Wildman–Crippen LogP) is 2.74. The van der Waals surface area contributed by atoms with Crippen LogP contribution in [0, 0.1) is 0 Å². The molecule has 0 aromatic rings. The van der Waals surface area contributed by atoms with E-state index in [4.69, 9.17) is 16.3 Å². The minimum Gasteiger partial charge on any atom is -0.466 e. The Labute approximate surface area is 79.2 Å². The Kier molecular flexibility index (Phi) is 7.26. The molecular formula is C9H17ClO2. The third kappa shape index (κ3) is 7.86. The van der Waals surface area contributed by atoms with Crippen molar-refractivity contribution in [1.29, 1.82) is 0 Å². The number of esters is 1. The molecule has 0 aromatic carbocycles. The molecular weight excluding hydrogens is 176 g/mol. The van der Waals surface area contributed by atoms with Crippen LogP contribution >= 0.6 is 11.6 Å². The largest absolute Gasteiger partial charge is 0.466 e. The van der Waals surface area contributed by atoms with E-state index >= 15 is 0 Å². The molecule has 1 unspecified atom stereocenters. The Morgan fingerprint density at radius 1 is 1.50 bits per heavy atom. The summed E-state index contributed by atoms with van der Waals surface area (Å²) in [4.78, 5) is 10.4. The highest BCUT2D eigenvalue weighted by Crippen LogP contribution is 2.11. The predicted molar refractivity (Wildman–Crippen MR) is 50.4 cm³/mol. The van der Waals surface area contributed by atoms with Crippen LogP contribution in [0.1, 0.15) is 39.5 Å². The molecule has 2 nitrogen and oxygen atoms in total. The summed E-state index contributed by atoms with van der Waals surface area (Å²) in [6, 6.07) is 0. The van der Waals surface area contributed by atoms with E-state index in [2.05, 4.69) is 6.92 Å². The number of carbonyl (C=O) groups is 1. The van der Waals surface area contributed by atoms with Crippen LogP contribution in [0.4, 0.5) is 0 Å². The smallest absolute Gasteiger partial charge is 0.302 e. The first kappa shape index (κ1) is 11.8. The topological polar surface area (TPSA) is 26.3 Å². The fourth-order valence-electron chi connectivity index (χ4n) is 0.978. The first-order valence-electron chi connectivity index (χ1n) is 4.44. The quantitative estimate of drug-likeness (QED) is 0.368. The molecule has 1 atom stereocenters. The van der Waals surface area contributed by atoms with Gasteiger partial charge < -0.3 is 4.74 Å². The second-order valence-electron chi connectivity index (χ2n) is 2.87.